The van der Waals surface area contributed by atoms with Gasteiger partial charge in [0.15, 0.2) is 10.3 Å². The summed E-state index contributed by atoms with van der Waals surface area (Å²) in [6.45, 7) is 3.84. The Kier molecular flexibility index (Phi) is 4.63. The van der Waals surface area contributed by atoms with Gasteiger partial charge in [-0.1, -0.05) is 40.3 Å². The average Bonchev–Trinajstić information content (AvgIpc) is 3.31. The summed E-state index contributed by atoms with van der Waals surface area (Å²) in [5.74, 6) is 0. The molecule has 8 heteroatoms. The number of fused-ring (bicyclic) bond motifs is 2. The van der Waals surface area contributed by atoms with Crippen molar-refractivity contribution in [2.75, 3.05) is 42.2 Å². The van der Waals surface area contributed by atoms with E-state index in [1.54, 1.807) is 34.4 Å². The topological polar surface area (TPSA) is 32.3 Å². The summed E-state index contributed by atoms with van der Waals surface area (Å²) < 4.78 is 2.41. The normalized spacial score (nSPS) is 15.2. The van der Waals surface area contributed by atoms with E-state index in [1.807, 2.05) is 18.2 Å². The van der Waals surface area contributed by atoms with Gasteiger partial charge in [-0.2, -0.15) is 0 Å². The molecular formula is C19H17ClN4S3. The van der Waals surface area contributed by atoms with Crippen LogP contribution in [0.5, 0.6) is 0 Å². The van der Waals surface area contributed by atoms with Crippen LogP contribution in [-0.2, 0) is 0 Å². The summed E-state index contributed by atoms with van der Waals surface area (Å²) in [7, 11) is 0. The predicted molar refractivity (Wildman–Crippen MR) is 120 cm³/mol. The van der Waals surface area contributed by atoms with Crippen molar-refractivity contribution in [2.24, 2.45) is 0 Å². The van der Waals surface area contributed by atoms with Crippen LogP contribution in [0.15, 0.2) is 41.3 Å². The number of thiazole rings is 2. The Hall–Kier alpha value is -1.54. The standard InChI is InChI=1S/C19H17ClN4S3/c1-25-14-3-2-4-15-17(14)22-19(26-15)24-9-7-23(8-10-24)18-21-13-6-5-12(20)11-16(13)27-18/h2-6,11H,7-10H2,1H3. The summed E-state index contributed by atoms with van der Waals surface area (Å²) in [4.78, 5) is 15.7. The molecule has 0 bridgehead atoms. The molecule has 0 aliphatic carbocycles. The molecule has 27 heavy (non-hydrogen) atoms. The van der Waals surface area contributed by atoms with E-state index in [9.17, 15) is 0 Å². The molecule has 1 saturated heterocycles. The maximum atomic E-state index is 6.11. The van der Waals surface area contributed by atoms with Gasteiger partial charge in [-0.3, -0.25) is 0 Å². The second-order valence-corrected chi connectivity index (χ2v) is 9.69. The molecule has 0 unspecified atom stereocenters. The van der Waals surface area contributed by atoms with Crippen molar-refractivity contribution in [1.82, 2.24) is 9.97 Å². The van der Waals surface area contributed by atoms with E-state index in [1.165, 1.54) is 9.60 Å². The highest BCUT2D eigenvalue weighted by Gasteiger charge is 2.22. The minimum absolute atomic E-state index is 0.767. The van der Waals surface area contributed by atoms with E-state index in [2.05, 4.69) is 34.3 Å². The lowest BCUT2D eigenvalue weighted by Gasteiger charge is -2.34. The van der Waals surface area contributed by atoms with Crippen LogP contribution < -0.4 is 9.80 Å². The molecule has 4 aromatic rings. The molecular weight excluding hydrogens is 416 g/mol. The monoisotopic (exact) mass is 432 g/mol. The molecule has 5 rings (SSSR count). The maximum Gasteiger partial charge on any atom is 0.186 e. The van der Waals surface area contributed by atoms with E-state index in [0.717, 1.165) is 57.2 Å². The molecule has 3 heterocycles. The average molecular weight is 433 g/mol. The lowest BCUT2D eigenvalue weighted by Crippen LogP contribution is -2.46. The molecule has 4 nitrogen and oxygen atoms in total. The third-order valence-electron chi connectivity index (χ3n) is 4.75. The van der Waals surface area contributed by atoms with Crippen molar-refractivity contribution in [2.45, 2.75) is 4.90 Å². The fraction of sp³-hybridized carbons (Fsp3) is 0.263. The van der Waals surface area contributed by atoms with Crippen molar-refractivity contribution in [3.05, 3.63) is 41.4 Å². The first-order valence-electron chi connectivity index (χ1n) is 8.71. The number of hydrogen-bond donors (Lipinski definition) is 0. The molecule has 0 atom stereocenters. The zero-order chi connectivity index (χ0) is 18.4. The van der Waals surface area contributed by atoms with Gasteiger partial charge in [-0.05, 0) is 36.6 Å². The molecule has 0 amide bonds. The number of thioether (sulfide) groups is 1. The zero-order valence-electron chi connectivity index (χ0n) is 14.7. The van der Waals surface area contributed by atoms with Crippen molar-refractivity contribution < 1.29 is 0 Å². The fourth-order valence-corrected chi connectivity index (χ4v) is 6.29. The molecule has 1 fully saturated rings. The minimum Gasteiger partial charge on any atom is -0.345 e. The second-order valence-electron chi connectivity index (χ2n) is 6.39. The molecule has 0 radical (unpaired) electrons. The number of hydrogen-bond acceptors (Lipinski definition) is 7. The number of nitrogens with zero attached hydrogens (tertiary/aromatic N) is 4. The van der Waals surface area contributed by atoms with Crippen molar-refractivity contribution >= 4 is 76.7 Å². The van der Waals surface area contributed by atoms with E-state index >= 15 is 0 Å². The highest BCUT2D eigenvalue weighted by molar-refractivity contribution is 7.98. The number of para-hydroxylation sites is 1. The number of halogens is 1. The van der Waals surface area contributed by atoms with Gasteiger partial charge in [0.05, 0.1) is 20.4 Å². The molecule has 0 saturated carbocycles. The van der Waals surface area contributed by atoms with Gasteiger partial charge in [0.1, 0.15) is 0 Å². The Labute approximate surface area is 174 Å². The first kappa shape index (κ1) is 17.6. The second kappa shape index (κ2) is 7.13. The quantitative estimate of drug-likeness (QED) is 0.393. The number of rotatable bonds is 3. The SMILES string of the molecule is CSc1cccc2sc(N3CCN(c4nc5ccc(Cl)cc5s4)CC3)nc12. The summed E-state index contributed by atoms with van der Waals surface area (Å²) in [6.07, 6.45) is 2.11. The minimum atomic E-state index is 0.767. The number of aromatic nitrogens is 2. The zero-order valence-corrected chi connectivity index (χ0v) is 17.9. The van der Waals surface area contributed by atoms with Gasteiger partial charge < -0.3 is 9.80 Å². The third kappa shape index (κ3) is 3.27. The van der Waals surface area contributed by atoms with E-state index < -0.39 is 0 Å². The van der Waals surface area contributed by atoms with E-state index in [4.69, 9.17) is 21.6 Å². The summed E-state index contributed by atoms with van der Waals surface area (Å²) in [5, 5.41) is 2.98. The molecule has 1 aliphatic rings. The number of benzene rings is 2. The van der Waals surface area contributed by atoms with E-state index in [-0.39, 0.29) is 0 Å². The van der Waals surface area contributed by atoms with Crippen LogP contribution in [0.25, 0.3) is 20.4 Å². The van der Waals surface area contributed by atoms with Crippen LogP contribution in [-0.4, -0.2) is 42.4 Å². The molecule has 138 valence electrons. The molecule has 0 N–H and O–H groups in total. The van der Waals surface area contributed by atoms with Crippen LogP contribution in [0, 0.1) is 0 Å². The number of piperazine rings is 1. The van der Waals surface area contributed by atoms with Crippen LogP contribution in [0.3, 0.4) is 0 Å². The third-order valence-corrected chi connectivity index (χ3v) is 7.92. The van der Waals surface area contributed by atoms with E-state index in [0.29, 0.717) is 0 Å². The van der Waals surface area contributed by atoms with Crippen molar-refractivity contribution in [3.8, 4) is 0 Å². The largest absolute Gasteiger partial charge is 0.345 e. The Bertz CT molecular complexity index is 1110. The Morgan fingerprint density at radius 2 is 1.63 bits per heavy atom. The predicted octanol–water partition coefficient (Wildman–Crippen LogP) is 5.61. The molecule has 0 spiro atoms. The van der Waals surface area contributed by atoms with Crippen LogP contribution in [0.2, 0.25) is 5.02 Å². The van der Waals surface area contributed by atoms with Gasteiger partial charge in [0, 0.05) is 36.1 Å². The van der Waals surface area contributed by atoms with Gasteiger partial charge in [0.25, 0.3) is 0 Å². The first-order valence-corrected chi connectivity index (χ1v) is 11.9. The summed E-state index contributed by atoms with van der Waals surface area (Å²) in [5.41, 5.74) is 2.16. The highest BCUT2D eigenvalue weighted by atomic mass is 35.5. The Morgan fingerprint density at radius 3 is 2.37 bits per heavy atom. The Balaban J connectivity index is 1.35. The summed E-state index contributed by atoms with van der Waals surface area (Å²) in [6, 6.07) is 12.3. The lowest BCUT2D eigenvalue weighted by molar-refractivity contribution is 0.651. The van der Waals surface area contributed by atoms with Gasteiger partial charge in [-0.25, -0.2) is 9.97 Å². The fourth-order valence-electron chi connectivity index (χ4n) is 3.32. The van der Waals surface area contributed by atoms with Crippen molar-refractivity contribution in [1.29, 1.82) is 0 Å². The number of anilines is 2. The Morgan fingerprint density at radius 1 is 0.926 bits per heavy atom. The molecule has 2 aromatic heterocycles. The van der Waals surface area contributed by atoms with Crippen molar-refractivity contribution in [3.63, 3.8) is 0 Å². The summed E-state index contributed by atoms with van der Waals surface area (Å²) >= 11 is 11.4. The first-order chi connectivity index (χ1) is 13.2. The van der Waals surface area contributed by atoms with Crippen LogP contribution in [0.1, 0.15) is 0 Å². The van der Waals surface area contributed by atoms with Gasteiger partial charge >= 0.3 is 0 Å². The van der Waals surface area contributed by atoms with Crippen LogP contribution in [0.4, 0.5) is 10.3 Å². The smallest absolute Gasteiger partial charge is 0.186 e. The van der Waals surface area contributed by atoms with Gasteiger partial charge in [-0.15, -0.1) is 11.8 Å². The highest BCUT2D eigenvalue weighted by Crippen LogP contribution is 2.35. The molecule has 1 aliphatic heterocycles. The maximum absolute atomic E-state index is 6.11. The lowest BCUT2D eigenvalue weighted by atomic mass is 10.3. The molecule has 2 aromatic carbocycles. The van der Waals surface area contributed by atoms with Crippen LogP contribution >= 0.6 is 46.0 Å². The van der Waals surface area contributed by atoms with Gasteiger partial charge in [0.2, 0.25) is 0 Å².